The van der Waals surface area contributed by atoms with Crippen molar-refractivity contribution >= 4 is 58.8 Å². The van der Waals surface area contributed by atoms with Gasteiger partial charge in [-0.2, -0.15) is 10.5 Å². The average Bonchev–Trinajstić information content (AvgIpc) is 0.889. The first-order valence-corrected chi connectivity index (χ1v) is 42.4. The summed E-state index contributed by atoms with van der Waals surface area (Å²) in [4.78, 5) is 36.2. The zero-order chi connectivity index (χ0) is 76.9. The zero-order valence-electron chi connectivity index (χ0n) is 64.0. The minimum Gasteiger partial charge on any atom is -0.385 e. The molecule has 2 aliphatic heterocycles. The third-order valence-corrected chi connectivity index (χ3v) is 27.7. The minimum absolute atomic E-state index is 0.128. The van der Waals surface area contributed by atoms with E-state index in [2.05, 4.69) is 182 Å². The molecular formula is C90H99N9O5S5. The molecule has 0 radical (unpaired) electrons. The van der Waals surface area contributed by atoms with Gasteiger partial charge in [-0.05, 0) is 175 Å². The molecule has 109 heavy (non-hydrogen) atoms. The molecule has 4 saturated carbocycles. The van der Waals surface area contributed by atoms with Gasteiger partial charge in [-0.25, -0.2) is 0 Å². The fraction of sp³-hybridized carbons (Fsp3) is 0.389. The Bertz CT molecular complexity index is 4770. The number of pyridine rings is 7. The van der Waals surface area contributed by atoms with Crippen LogP contribution in [0, 0.1) is 38.9 Å². The van der Waals surface area contributed by atoms with Crippen LogP contribution in [0.2, 0.25) is 0 Å². The quantitative estimate of drug-likeness (QED) is 0.0538. The highest BCUT2D eigenvalue weighted by Crippen LogP contribution is 2.55. The van der Waals surface area contributed by atoms with Crippen molar-refractivity contribution in [2.24, 2.45) is 16.2 Å². The summed E-state index contributed by atoms with van der Waals surface area (Å²) in [6, 6.07) is 46.5. The van der Waals surface area contributed by atoms with Crippen molar-refractivity contribution in [1.29, 1.82) is 10.5 Å². The lowest BCUT2D eigenvalue weighted by Crippen LogP contribution is -2.46. The van der Waals surface area contributed by atoms with Crippen LogP contribution >= 0.6 is 58.8 Å². The standard InChI is InChI=1S/C20H23NO2S.C20H23NOS.C18H21NO2S.C17H17N3S.C15H15N3S/c1-2-19(8-9-19)14-24-18-7-10-21-11-17(18)15-3-5-16(6-4-15)20(22)12-23-13-20;1-2-19(8-9-19)14-23-18-7-12-21-13-17(18)15-3-5-16(6-4-15)20(22)10-11-20;1-17(2,3)22-16-8-9-19-10-15(16)13-4-6-14(7-5-13)18(20)11-21-12-18;1-2-17(6-7-17)12-21-16-5-8-19-11-14(16)15-4-3-13(9-18)10-20-15;1-15(2,3)19-14-6-7-17-10-12(14)13-5-4-11(8-16)9-18-13/h3-7,10-11,22H,2,8-9,12-14H2,1H3;3-7,12-13,22H,2,8-11,14H2,1H3;4-10,20H,11-12H2,1-3H3;3-5,8,10-11H,2,6-7,12H2,1H3;4-7,9-10H,1-3H3. The summed E-state index contributed by atoms with van der Waals surface area (Å²) in [5.41, 5.74) is 14.4. The molecule has 564 valence electrons. The van der Waals surface area contributed by atoms with Crippen LogP contribution in [0.1, 0.15) is 161 Å². The van der Waals surface area contributed by atoms with Crippen molar-refractivity contribution in [2.45, 2.75) is 184 Å². The number of aromatic nitrogens is 7. The first kappa shape index (κ1) is 80.7. The summed E-state index contributed by atoms with van der Waals surface area (Å²) < 4.78 is 10.5. The van der Waals surface area contributed by atoms with Crippen LogP contribution < -0.4 is 0 Å². The Hall–Kier alpha value is -7.76. The molecule has 16 rings (SSSR count). The van der Waals surface area contributed by atoms with Gasteiger partial charge in [0.15, 0.2) is 0 Å². The fourth-order valence-corrected chi connectivity index (χ4v) is 19.1. The predicted octanol–water partition coefficient (Wildman–Crippen LogP) is 21.3. The Morgan fingerprint density at radius 3 is 0.908 bits per heavy atom. The Balaban J connectivity index is 0.000000127. The van der Waals surface area contributed by atoms with Crippen molar-refractivity contribution in [3.8, 4) is 68.0 Å². The van der Waals surface area contributed by atoms with E-state index in [-0.39, 0.29) is 9.49 Å². The van der Waals surface area contributed by atoms with E-state index in [0.717, 1.165) is 79.4 Å². The number of aliphatic hydroxyl groups is 3. The molecule has 6 aliphatic rings. The number of rotatable bonds is 22. The predicted molar refractivity (Wildman–Crippen MR) is 445 cm³/mol. The molecule has 10 aromatic rings. The van der Waals surface area contributed by atoms with Gasteiger partial charge in [-0.1, -0.05) is 135 Å². The summed E-state index contributed by atoms with van der Waals surface area (Å²) in [7, 11) is 0. The van der Waals surface area contributed by atoms with Crippen LogP contribution in [0.5, 0.6) is 0 Å². The second kappa shape index (κ2) is 35.3. The van der Waals surface area contributed by atoms with Crippen molar-refractivity contribution in [3.63, 3.8) is 0 Å². The highest BCUT2D eigenvalue weighted by Gasteiger charge is 2.44. The first-order chi connectivity index (χ1) is 52.4. The van der Waals surface area contributed by atoms with Gasteiger partial charge >= 0.3 is 0 Å². The van der Waals surface area contributed by atoms with E-state index in [9.17, 15) is 15.3 Å². The van der Waals surface area contributed by atoms with E-state index in [1.807, 2.05) is 145 Å². The summed E-state index contributed by atoms with van der Waals surface area (Å²) in [5.74, 6) is 3.56. The van der Waals surface area contributed by atoms with Gasteiger partial charge in [-0.3, -0.25) is 34.9 Å². The molecule has 0 unspecified atom stereocenters. The van der Waals surface area contributed by atoms with Gasteiger partial charge in [0.1, 0.15) is 23.3 Å². The molecule has 0 bridgehead atoms. The number of thioether (sulfide) groups is 5. The maximum absolute atomic E-state index is 10.4. The van der Waals surface area contributed by atoms with Crippen molar-refractivity contribution in [1.82, 2.24) is 34.9 Å². The molecule has 0 spiro atoms. The summed E-state index contributed by atoms with van der Waals surface area (Å²) >= 11 is 9.45. The van der Waals surface area contributed by atoms with Gasteiger partial charge in [0.05, 0.1) is 54.5 Å². The van der Waals surface area contributed by atoms with E-state index >= 15 is 0 Å². The van der Waals surface area contributed by atoms with E-state index in [1.165, 1.54) is 106 Å². The van der Waals surface area contributed by atoms with Crippen LogP contribution in [-0.2, 0) is 26.3 Å². The van der Waals surface area contributed by atoms with Gasteiger partial charge in [0.25, 0.3) is 0 Å². The van der Waals surface area contributed by atoms with Crippen LogP contribution in [0.25, 0.3) is 55.9 Å². The fourth-order valence-electron chi connectivity index (χ4n) is 12.6. The maximum Gasteiger partial charge on any atom is 0.136 e. The summed E-state index contributed by atoms with van der Waals surface area (Å²) in [6.07, 6.45) is 35.7. The van der Waals surface area contributed by atoms with Crippen molar-refractivity contribution in [2.75, 3.05) is 43.7 Å². The molecule has 14 nitrogen and oxygen atoms in total. The van der Waals surface area contributed by atoms with Crippen LogP contribution in [-0.4, -0.2) is 103 Å². The van der Waals surface area contributed by atoms with Gasteiger partial charge in [0.2, 0.25) is 0 Å². The maximum atomic E-state index is 10.4. The number of hydrogen-bond acceptors (Lipinski definition) is 19. The van der Waals surface area contributed by atoms with Gasteiger partial charge in [0, 0.05) is 153 Å². The topological polar surface area (TPSA) is 217 Å². The van der Waals surface area contributed by atoms with Gasteiger partial charge in [-0.15, -0.1) is 58.8 Å². The molecule has 3 aromatic carbocycles. The number of benzene rings is 3. The second-order valence-corrected chi connectivity index (χ2v) is 38.4. The minimum atomic E-state index is -0.809. The Morgan fingerprint density at radius 2 is 0.642 bits per heavy atom. The lowest BCUT2D eigenvalue weighted by molar-refractivity contribution is -0.184. The zero-order valence-corrected chi connectivity index (χ0v) is 68.1. The molecule has 0 atom stereocenters. The van der Waals surface area contributed by atoms with Crippen LogP contribution in [0.3, 0.4) is 0 Å². The summed E-state index contributed by atoms with van der Waals surface area (Å²) in [5, 5.41) is 48.5. The monoisotopic (exact) mass is 1550 g/mol. The Kier molecular flexibility index (Phi) is 26.1. The third kappa shape index (κ3) is 21.5. The van der Waals surface area contributed by atoms with E-state index in [0.29, 0.717) is 53.8 Å². The highest BCUT2D eigenvalue weighted by atomic mass is 32.2. The molecule has 6 fully saturated rings. The SMILES string of the molecule is CC(C)(C)Sc1ccncc1-c1ccc(C#N)cn1.CC(C)(C)Sc1ccncc1-c1ccc(C2(O)COC2)cc1.CCC1(CSc2ccncc2-c2ccc(C#N)cn2)CC1.CCC1(CSc2ccncc2-c2ccc(C3(O)CC3)cc2)CC1.CCC1(CSc2ccncc2-c2ccc(C3(O)COC3)cc2)CC1. The van der Waals surface area contributed by atoms with Gasteiger partial charge < -0.3 is 24.8 Å². The largest absolute Gasteiger partial charge is 0.385 e. The molecule has 19 heteroatoms. The number of ether oxygens (including phenoxy) is 2. The molecule has 2 saturated heterocycles. The summed E-state index contributed by atoms with van der Waals surface area (Å²) in [6.45, 7) is 21.6. The lowest BCUT2D eigenvalue weighted by atomic mass is 9.91. The number of hydrogen-bond donors (Lipinski definition) is 3. The van der Waals surface area contributed by atoms with E-state index in [4.69, 9.17) is 20.0 Å². The van der Waals surface area contributed by atoms with E-state index in [1.54, 1.807) is 42.5 Å². The highest BCUT2D eigenvalue weighted by molar-refractivity contribution is 8.01. The Labute approximate surface area is 665 Å². The molecule has 4 aliphatic carbocycles. The molecule has 7 aromatic heterocycles. The Morgan fingerprint density at radius 1 is 0.358 bits per heavy atom. The first-order valence-electron chi connectivity index (χ1n) is 37.8. The molecule has 9 heterocycles. The van der Waals surface area contributed by atoms with Crippen LogP contribution in [0.15, 0.2) is 226 Å². The molecule has 3 N–H and O–H groups in total. The lowest BCUT2D eigenvalue weighted by Gasteiger charge is -2.36. The average molecular weight is 1550 g/mol. The van der Waals surface area contributed by atoms with Crippen LogP contribution in [0.4, 0.5) is 0 Å². The van der Waals surface area contributed by atoms with Crippen molar-refractivity contribution < 1.29 is 24.8 Å². The second-order valence-electron chi connectivity index (χ2n) is 31.6. The molecule has 0 amide bonds. The smallest absolute Gasteiger partial charge is 0.136 e. The molecular weight excluding hydrogens is 1450 g/mol. The van der Waals surface area contributed by atoms with Crippen molar-refractivity contribution in [3.05, 3.63) is 230 Å². The number of nitriles is 2. The third-order valence-electron chi connectivity index (χ3n) is 21.1. The van der Waals surface area contributed by atoms with E-state index < -0.39 is 16.8 Å². The normalized spacial score (nSPS) is 17.1. The number of nitrogens with zero attached hydrogens (tertiary/aromatic N) is 9.